The van der Waals surface area contributed by atoms with Crippen LogP contribution in [-0.2, 0) is 0 Å². The normalized spacial score (nSPS) is 27.5. The van der Waals surface area contributed by atoms with Crippen LogP contribution in [0.5, 0.6) is 0 Å². The summed E-state index contributed by atoms with van der Waals surface area (Å²) in [5, 5.41) is 13.5. The maximum atomic E-state index is 9.78. The second-order valence-electron chi connectivity index (χ2n) is 7.30. The number of likely N-dealkylation sites (tertiary alicyclic amines) is 1. The Bertz CT molecular complexity index is 250. The van der Waals surface area contributed by atoms with Crippen LogP contribution in [0.1, 0.15) is 53.9 Å². The van der Waals surface area contributed by atoms with Gasteiger partial charge in [-0.3, -0.25) is 0 Å². The molecule has 1 fully saturated rings. The van der Waals surface area contributed by atoms with Gasteiger partial charge in [-0.1, -0.05) is 34.6 Å². The molecule has 3 atom stereocenters. The fraction of sp³-hybridized carbons (Fsp3) is 1.00. The maximum Gasteiger partial charge on any atom is 0.0590 e. The van der Waals surface area contributed by atoms with Crippen molar-refractivity contribution < 1.29 is 5.11 Å². The molecular weight excluding hydrogens is 236 g/mol. The number of nitrogens with one attached hydrogen (secondary N) is 1. The number of aliphatic hydroxyl groups excluding tert-OH is 1. The van der Waals surface area contributed by atoms with E-state index in [0.717, 1.165) is 32.6 Å². The monoisotopic (exact) mass is 270 g/mol. The number of hydrogen-bond acceptors (Lipinski definition) is 3. The molecular formula is C16H34N2O. The van der Waals surface area contributed by atoms with Gasteiger partial charge in [0.25, 0.3) is 0 Å². The smallest absolute Gasteiger partial charge is 0.0590 e. The third-order valence-corrected chi connectivity index (χ3v) is 4.36. The van der Waals surface area contributed by atoms with Crippen LogP contribution in [0.2, 0.25) is 0 Å². The van der Waals surface area contributed by atoms with Crippen molar-refractivity contribution in [1.29, 1.82) is 0 Å². The van der Waals surface area contributed by atoms with E-state index in [2.05, 4.69) is 44.8 Å². The van der Waals surface area contributed by atoms with Gasteiger partial charge in [0.05, 0.1) is 6.10 Å². The summed E-state index contributed by atoms with van der Waals surface area (Å²) in [6, 6.07) is 0.578. The Morgan fingerprint density at radius 3 is 2.58 bits per heavy atom. The molecule has 114 valence electrons. The van der Waals surface area contributed by atoms with Crippen LogP contribution < -0.4 is 5.32 Å². The molecule has 1 aliphatic heterocycles. The predicted octanol–water partition coefficient (Wildman–Crippen LogP) is 2.49. The van der Waals surface area contributed by atoms with Gasteiger partial charge in [0, 0.05) is 19.1 Å². The van der Waals surface area contributed by atoms with Gasteiger partial charge in [0.15, 0.2) is 0 Å². The largest absolute Gasteiger partial charge is 0.393 e. The van der Waals surface area contributed by atoms with Gasteiger partial charge < -0.3 is 15.3 Å². The topological polar surface area (TPSA) is 35.5 Å². The number of hydrogen-bond donors (Lipinski definition) is 2. The highest BCUT2D eigenvalue weighted by atomic mass is 16.3. The molecule has 1 saturated heterocycles. The zero-order valence-corrected chi connectivity index (χ0v) is 13.6. The second-order valence-corrected chi connectivity index (χ2v) is 7.30. The summed E-state index contributed by atoms with van der Waals surface area (Å²) in [5.74, 6) is 0.422. The molecule has 0 aromatic carbocycles. The summed E-state index contributed by atoms with van der Waals surface area (Å²) in [6.45, 7) is 15.7. The minimum atomic E-state index is -0.0899. The summed E-state index contributed by atoms with van der Waals surface area (Å²) in [7, 11) is 0. The highest BCUT2D eigenvalue weighted by Crippen LogP contribution is 2.23. The van der Waals surface area contributed by atoms with E-state index in [1.54, 1.807) is 0 Å². The second kappa shape index (κ2) is 7.61. The summed E-state index contributed by atoms with van der Waals surface area (Å²) >= 11 is 0. The highest BCUT2D eigenvalue weighted by Gasteiger charge is 2.27. The van der Waals surface area contributed by atoms with Crippen LogP contribution in [-0.4, -0.2) is 48.3 Å². The molecule has 3 unspecified atom stereocenters. The Morgan fingerprint density at radius 2 is 2.05 bits per heavy atom. The zero-order chi connectivity index (χ0) is 14.5. The molecule has 0 bridgehead atoms. The van der Waals surface area contributed by atoms with E-state index >= 15 is 0 Å². The minimum Gasteiger partial charge on any atom is -0.393 e. The molecule has 1 heterocycles. The van der Waals surface area contributed by atoms with E-state index in [9.17, 15) is 5.11 Å². The average molecular weight is 270 g/mol. The van der Waals surface area contributed by atoms with Crippen molar-refractivity contribution in [3.63, 3.8) is 0 Å². The fourth-order valence-corrected chi connectivity index (χ4v) is 2.89. The average Bonchev–Trinajstić information content (AvgIpc) is 2.32. The van der Waals surface area contributed by atoms with Crippen LogP contribution in [0, 0.1) is 11.3 Å². The van der Waals surface area contributed by atoms with Crippen LogP contribution in [0.4, 0.5) is 0 Å². The van der Waals surface area contributed by atoms with Gasteiger partial charge >= 0.3 is 0 Å². The van der Waals surface area contributed by atoms with Gasteiger partial charge in [-0.25, -0.2) is 0 Å². The summed E-state index contributed by atoms with van der Waals surface area (Å²) < 4.78 is 0. The molecule has 1 aliphatic rings. The van der Waals surface area contributed by atoms with Gasteiger partial charge in [-0.05, 0) is 43.7 Å². The lowest BCUT2D eigenvalue weighted by Gasteiger charge is -2.37. The standard InChI is InChI=1S/C16H34N2O/c1-6-9-17-15(16(3,4)5)8-11-18-10-7-14(19)13(2)12-18/h13-15,17,19H,6-12H2,1-5H3. The molecule has 1 rings (SSSR count). The first-order chi connectivity index (χ1) is 8.84. The first-order valence-corrected chi connectivity index (χ1v) is 7.98. The van der Waals surface area contributed by atoms with Crippen LogP contribution >= 0.6 is 0 Å². The maximum absolute atomic E-state index is 9.78. The molecule has 2 N–H and O–H groups in total. The van der Waals surface area contributed by atoms with E-state index < -0.39 is 0 Å². The molecule has 0 amide bonds. The summed E-state index contributed by atoms with van der Waals surface area (Å²) in [4.78, 5) is 2.52. The Balaban J connectivity index is 2.39. The first kappa shape index (κ1) is 16.9. The highest BCUT2D eigenvalue weighted by molar-refractivity contribution is 4.83. The van der Waals surface area contributed by atoms with Crippen molar-refractivity contribution in [1.82, 2.24) is 10.2 Å². The lowest BCUT2D eigenvalue weighted by atomic mass is 9.84. The van der Waals surface area contributed by atoms with Gasteiger partial charge in [-0.2, -0.15) is 0 Å². The van der Waals surface area contributed by atoms with Gasteiger partial charge in [0.2, 0.25) is 0 Å². The summed E-state index contributed by atoms with van der Waals surface area (Å²) in [6.07, 6.45) is 3.24. The van der Waals surface area contributed by atoms with Gasteiger partial charge in [0.1, 0.15) is 0 Å². The Labute approximate surface area is 119 Å². The molecule has 0 radical (unpaired) electrons. The number of aliphatic hydroxyl groups is 1. The molecule has 19 heavy (non-hydrogen) atoms. The van der Waals surface area contributed by atoms with Crippen molar-refractivity contribution in [2.45, 2.75) is 66.0 Å². The Kier molecular flexibility index (Phi) is 6.78. The van der Waals surface area contributed by atoms with Crippen LogP contribution in [0.15, 0.2) is 0 Å². The Morgan fingerprint density at radius 1 is 1.37 bits per heavy atom. The number of piperidine rings is 1. The predicted molar refractivity (Wildman–Crippen MR) is 82.4 cm³/mol. The van der Waals surface area contributed by atoms with Crippen molar-refractivity contribution in [3.8, 4) is 0 Å². The number of rotatable bonds is 6. The molecule has 0 aromatic rings. The van der Waals surface area contributed by atoms with Crippen molar-refractivity contribution in [2.24, 2.45) is 11.3 Å². The number of nitrogens with zero attached hydrogens (tertiary/aromatic N) is 1. The SMILES string of the molecule is CCCNC(CCN1CCC(O)C(C)C1)C(C)(C)C. The van der Waals surface area contributed by atoms with E-state index in [4.69, 9.17) is 0 Å². The van der Waals surface area contributed by atoms with E-state index in [0.29, 0.717) is 17.4 Å². The lowest BCUT2D eigenvalue weighted by Crippen LogP contribution is -2.46. The molecule has 0 aliphatic carbocycles. The quantitative estimate of drug-likeness (QED) is 0.778. The Hall–Kier alpha value is -0.120. The van der Waals surface area contributed by atoms with Crippen LogP contribution in [0.25, 0.3) is 0 Å². The molecule has 0 saturated carbocycles. The zero-order valence-electron chi connectivity index (χ0n) is 13.6. The van der Waals surface area contributed by atoms with Crippen LogP contribution in [0.3, 0.4) is 0 Å². The third-order valence-electron chi connectivity index (χ3n) is 4.36. The van der Waals surface area contributed by atoms with Crippen molar-refractivity contribution >= 4 is 0 Å². The van der Waals surface area contributed by atoms with Gasteiger partial charge in [-0.15, -0.1) is 0 Å². The van der Waals surface area contributed by atoms with Crippen molar-refractivity contribution in [3.05, 3.63) is 0 Å². The van der Waals surface area contributed by atoms with Crippen molar-refractivity contribution in [2.75, 3.05) is 26.2 Å². The third kappa shape index (κ3) is 5.80. The molecule has 3 heteroatoms. The first-order valence-electron chi connectivity index (χ1n) is 7.98. The fourth-order valence-electron chi connectivity index (χ4n) is 2.89. The van der Waals surface area contributed by atoms with E-state index in [1.165, 1.54) is 12.8 Å². The molecule has 0 spiro atoms. The molecule has 0 aromatic heterocycles. The summed E-state index contributed by atoms with van der Waals surface area (Å²) in [5.41, 5.74) is 0.316. The molecule has 3 nitrogen and oxygen atoms in total. The lowest BCUT2D eigenvalue weighted by molar-refractivity contribution is 0.0320. The van der Waals surface area contributed by atoms with E-state index in [1.807, 2.05) is 0 Å². The van der Waals surface area contributed by atoms with E-state index in [-0.39, 0.29) is 6.10 Å². The minimum absolute atomic E-state index is 0.0899.